The van der Waals surface area contributed by atoms with Crippen LogP contribution in [0.5, 0.6) is 0 Å². The molecule has 1 amide bonds. The van der Waals surface area contributed by atoms with Gasteiger partial charge in [-0.15, -0.1) is 0 Å². The van der Waals surface area contributed by atoms with Gasteiger partial charge in [-0.2, -0.15) is 0 Å². The van der Waals surface area contributed by atoms with E-state index >= 15 is 0 Å². The summed E-state index contributed by atoms with van der Waals surface area (Å²) >= 11 is 0. The molecule has 0 bridgehead atoms. The van der Waals surface area contributed by atoms with Crippen molar-refractivity contribution in [1.29, 1.82) is 0 Å². The lowest BCUT2D eigenvalue weighted by Crippen LogP contribution is -2.40. The quantitative estimate of drug-likeness (QED) is 0.699. The van der Waals surface area contributed by atoms with Crippen molar-refractivity contribution in [3.05, 3.63) is 53.6 Å². The van der Waals surface area contributed by atoms with Crippen LogP contribution in [0.25, 0.3) is 0 Å². The largest absolute Gasteiger partial charge is 0.399 e. The maximum absolute atomic E-state index is 12.6. The van der Waals surface area contributed by atoms with E-state index in [4.69, 9.17) is 5.73 Å². The van der Waals surface area contributed by atoms with Gasteiger partial charge in [0.15, 0.2) is 0 Å². The van der Waals surface area contributed by atoms with Gasteiger partial charge >= 0.3 is 0 Å². The van der Waals surface area contributed by atoms with Crippen molar-refractivity contribution in [1.82, 2.24) is 4.72 Å². The standard InChI is InChI=1S/C19H25N3O3S/c1-13-16(21-18(23)12-14-8-10-15(20)11-9-14)6-5-7-17(13)26(24,25)22-19(2,3)4/h5-11,22H,12,20H2,1-4H3,(H,21,23). The van der Waals surface area contributed by atoms with E-state index in [9.17, 15) is 13.2 Å². The van der Waals surface area contributed by atoms with Gasteiger partial charge in [-0.05, 0) is 63.1 Å². The van der Waals surface area contributed by atoms with Crippen molar-refractivity contribution in [2.45, 2.75) is 44.6 Å². The minimum absolute atomic E-state index is 0.151. The first-order chi connectivity index (χ1) is 12.0. The zero-order valence-electron chi connectivity index (χ0n) is 15.5. The van der Waals surface area contributed by atoms with Crippen molar-refractivity contribution in [2.75, 3.05) is 11.1 Å². The first-order valence-corrected chi connectivity index (χ1v) is 9.74. The second kappa shape index (κ2) is 7.47. The van der Waals surface area contributed by atoms with Gasteiger partial charge in [0.2, 0.25) is 15.9 Å². The molecule has 0 unspecified atom stereocenters. The Labute approximate surface area is 154 Å². The Morgan fingerprint density at radius 2 is 1.69 bits per heavy atom. The molecule has 140 valence electrons. The van der Waals surface area contributed by atoms with Crippen LogP contribution in [-0.2, 0) is 21.2 Å². The maximum Gasteiger partial charge on any atom is 0.241 e. The Kier molecular flexibility index (Phi) is 5.73. The van der Waals surface area contributed by atoms with Crippen molar-refractivity contribution in [2.24, 2.45) is 0 Å². The SMILES string of the molecule is Cc1c(NC(=O)Cc2ccc(N)cc2)cccc1S(=O)(=O)NC(C)(C)C. The van der Waals surface area contributed by atoms with Crippen LogP contribution >= 0.6 is 0 Å². The lowest BCUT2D eigenvalue weighted by atomic mass is 10.1. The highest BCUT2D eigenvalue weighted by atomic mass is 32.2. The van der Waals surface area contributed by atoms with Crippen LogP contribution in [0.15, 0.2) is 47.4 Å². The van der Waals surface area contributed by atoms with Gasteiger partial charge in [-0.3, -0.25) is 4.79 Å². The summed E-state index contributed by atoms with van der Waals surface area (Å²) in [5.41, 5.74) is 7.47. The second-order valence-corrected chi connectivity index (χ2v) is 8.90. The number of sulfonamides is 1. The topological polar surface area (TPSA) is 101 Å². The molecule has 2 aromatic carbocycles. The number of nitrogen functional groups attached to an aromatic ring is 1. The van der Waals surface area contributed by atoms with E-state index in [-0.39, 0.29) is 17.2 Å². The van der Waals surface area contributed by atoms with Crippen LogP contribution in [0, 0.1) is 6.92 Å². The highest BCUT2D eigenvalue weighted by Crippen LogP contribution is 2.24. The molecule has 6 nitrogen and oxygen atoms in total. The molecule has 0 aliphatic rings. The molecular formula is C19H25N3O3S. The van der Waals surface area contributed by atoms with Crippen LogP contribution in [-0.4, -0.2) is 19.9 Å². The Morgan fingerprint density at radius 1 is 1.08 bits per heavy atom. The van der Waals surface area contributed by atoms with Gasteiger partial charge in [0.05, 0.1) is 11.3 Å². The molecule has 0 aliphatic carbocycles. The molecule has 2 rings (SSSR count). The summed E-state index contributed by atoms with van der Waals surface area (Å²) in [5.74, 6) is -0.226. The second-order valence-electron chi connectivity index (χ2n) is 7.25. The molecule has 4 N–H and O–H groups in total. The smallest absolute Gasteiger partial charge is 0.241 e. The van der Waals surface area contributed by atoms with Crippen molar-refractivity contribution in [3.8, 4) is 0 Å². The van der Waals surface area contributed by atoms with Crippen LogP contribution in [0.1, 0.15) is 31.9 Å². The van der Waals surface area contributed by atoms with Gasteiger partial charge in [-0.1, -0.05) is 18.2 Å². The molecule has 0 atom stereocenters. The highest BCUT2D eigenvalue weighted by molar-refractivity contribution is 7.89. The van der Waals surface area contributed by atoms with Crippen molar-refractivity contribution < 1.29 is 13.2 Å². The third-order valence-corrected chi connectivity index (χ3v) is 5.54. The number of hydrogen-bond donors (Lipinski definition) is 3. The Morgan fingerprint density at radius 3 is 2.27 bits per heavy atom. The van der Waals surface area contributed by atoms with E-state index in [0.29, 0.717) is 16.9 Å². The first kappa shape index (κ1) is 19.9. The molecule has 0 radical (unpaired) electrons. The highest BCUT2D eigenvalue weighted by Gasteiger charge is 2.24. The molecule has 0 spiro atoms. The zero-order chi connectivity index (χ0) is 19.5. The Bertz CT molecular complexity index is 899. The number of carbonyl (C=O) groups excluding carboxylic acids is 1. The van der Waals surface area contributed by atoms with E-state index in [0.717, 1.165) is 5.56 Å². The van der Waals surface area contributed by atoms with E-state index in [1.807, 2.05) is 0 Å². The number of anilines is 2. The minimum Gasteiger partial charge on any atom is -0.399 e. The fourth-order valence-corrected chi connectivity index (χ4v) is 4.20. The van der Waals surface area contributed by atoms with E-state index in [1.54, 1.807) is 64.1 Å². The first-order valence-electron chi connectivity index (χ1n) is 8.26. The van der Waals surface area contributed by atoms with Crippen LogP contribution in [0.3, 0.4) is 0 Å². The predicted molar refractivity (Wildman–Crippen MR) is 104 cm³/mol. The molecular weight excluding hydrogens is 350 g/mol. The van der Waals surface area contributed by atoms with Crippen molar-refractivity contribution >= 4 is 27.3 Å². The number of nitrogens with two attached hydrogens (primary N) is 1. The number of hydrogen-bond acceptors (Lipinski definition) is 4. The molecule has 0 aromatic heterocycles. The summed E-state index contributed by atoms with van der Waals surface area (Å²) in [7, 11) is -3.69. The fourth-order valence-electron chi connectivity index (χ4n) is 2.51. The average molecular weight is 375 g/mol. The van der Waals surface area contributed by atoms with E-state index < -0.39 is 15.6 Å². The summed E-state index contributed by atoms with van der Waals surface area (Å²) in [5, 5.41) is 2.79. The number of carbonyl (C=O) groups is 1. The minimum atomic E-state index is -3.69. The lowest BCUT2D eigenvalue weighted by Gasteiger charge is -2.22. The number of benzene rings is 2. The fraction of sp³-hybridized carbons (Fsp3) is 0.316. The predicted octanol–water partition coefficient (Wildman–Crippen LogP) is 2.84. The molecule has 2 aromatic rings. The molecule has 0 fully saturated rings. The summed E-state index contributed by atoms with van der Waals surface area (Å²) in [6, 6.07) is 11.9. The van der Waals surface area contributed by atoms with Crippen molar-refractivity contribution in [3.63, 3.8) is 0 Å². The van der Waals surface area contributed by atoms with Crippen LogP contribution in [0.2, 0.25) is 0 Å². The van der Waals surface area contributed by atoms with Gasteiger partial charge < -0.3 is 11.1 Å². The molecule has 0 saturated carbocycles. The molecule has 26 heavy (non-hydrogen) atoms. The number of rotatable bonds is 5. The van der Waals surface area contributed by atoms with Gasteiger partial charge in [-0.25, -0.2) is 13.1 Å². The van der Waals surface area contributed by atoms with E-state index in [2.05, 4.69) is 10.0 Å². The van der Waals surface area contributed by atoms with E-state index in [1.165, 1.54) is 6.07 Å². The summed E-state index contributed by atoms with van der Waals surface area (Å²) < 4.78 is 27.8. The van der Waals surface area contributed by atoms with Gasteiger partial charge in [0.1, 0.15) is 0 Å². The maximum atomic E-state index is 12.6. The average Bonchev–Trinajstić information content (AvgIpc) is 2.49. The summed E-state index contributed by atoms with van der Waals surface area (Å²) in [4.78, 5) is 12.5. The molecule has 0 aliphatic heterocycles. The lowest BCUT2D eigenvalue weighted by molar-refractivity contribution is -0.115. The Hall–Kier alpha value is -2.38. The van der Waals surface area contributed by atoms with Crippen LogP contribution < -0.4 is 15.8 Å². The number of amides is 1. The molecule has 7 heteroatoms. The normalized spacial score (nSPS) is 12.0. The van der Waals surface area contributed by atoms with Gasteiger partial charge in [0, 0.05) is 16.9 Å². The van der Waals surface area contributed by atoms with Crippen LogP contribution in [0.4, 0.5) is 11.4 Å². The zero-order valence-corrected chi connectivity index (χ0v) is 16.3. The third kappa shape index (κ3) is 5.31. The molecule has 0 saturated heterocycles. The van der Waals surface area contributed by atoms with Gasteiger partial charge in [0.25, 0.3) is 0 Å². The molecule has 0 heterocycles. The summed E-state index contributed by atoms with van der Waals surface area (Å²) in [6.45, 7) is 7.00. The number of nitrogens with one attached hydrogen (secondary N) is 2. The third-order valence-electron chi connectivity index (χ3n) is 3.63. The monoisotopic (exact) mass is 375 g/mol. The summed E-state index contributed by atoms with van der Waals surface area (Å²) in [6.07, 6.45) is 0.178. The Balaban J connectivity index is 2.21.